The van der Waals surface area contributed by atoms with Crippen molar-refractivity contribution in [3.63, 3.8) is 0 Å². The van der Waals surface area contributed by atoms with Crippen molar-refractivity contribution in [2.24, 2.45) is 5.73 Å². The average molecular weight is 225 g/mol. The van der Waals surface area contributed by atoms with Gasteiger partial charge in [0.15, 0.2) is 5.82 Å². The lowest BCUT2D eigenvalue weighted by Gasteiger charge is -2.35. The van der Waals surface area contributed by atoms with Crippen molar-refractivity contribution in [1.29, 1.82) is 0 Å². The van der Waals surface area contributed by atoms with Crippen LogP contribution in [-0.4, -0.2) is 32.4 Å². The summed E-state index contributed by atoms with van der Waals surface area (Å²) in [5.74, 6) is 0.753. The first-order chi connectivity index (χ1) is 7.49. The third-order valence-corrected chi connectivity index (χ3v) is 2.94. The Labute approximate surface area is 95.1 Å². The standard InChI is InChI=1S/C10H19N5O/c1-7(11)9-12-13-14-15(9)8-4-5-16-10(2,3)6-8/h7-8H,4-6,11H2,1-3H3. The number of hydrogen-bond donors (Lipinski definition) is 1. The summed E-state index contributed by atoms with van der Waals surface area (Å²) in [5.41, 5.74) is 5.73. The van der Waals surface area contributed by atoms with E-state index in [4.69, 9.17) is 10.5 Å². The summed E-state index contributed by atoms with van der Waals surface area (Å²) in [4.78, 5) is 0. The lowest BCUT2D eigenvalue weighted by molar-refractivity contribution is -0.0715. The largest absolute Gasteiger partial charge is 0.375 e. The third kappa shape index (κ3) is 2.22. The fourth-order valence-electron chi connectivity index (χ4n) is 2.17. The highest BCUT2D eigenvalue weighted by atomic mass is 16.5. The smallest absolute Gasteiger partial charge is 0.167 e. The Morgan fingerprint density at radius 2 is 2.31 bits per heavy atom. The van der Waals surface area contributed by atoms with Gasteiger partial charge < -0.3 is 10.5 Å². The minimum Gasteiger partial charge on any atom is -0.375 e. The maximum Gasteiger partial charge on any atom is 0.167 e. The highest BCUT2D eigenvalue weighted by Gasteiger charge is 2.32. The predicted molar refractivity (Wildman–Crippen MR) is 58.7 cm³/mol. The van der Waals surface area contributed by atoms with Crippen molar-refractivity contribution < 1.29 is 4.74 Å². The van der Waals surface area contributed by atoms with E-state index in [1.54, 1.807) is 0 Å². The minimum absolute atomic E-state index is 0.107. The molecular weight excluding hydrogens is 206 g/mol. The molecule has 0 aromatic carbocycles. The second-order valence-corrected chi connectivity index (χ2v) is 5.03. The fraction of sp³-hybridized carbons (Fsp3) is 0.900. The van der Waals surface area contributed by atoms with Crippen LogP contribution in [-0.2, 0) is 4.74 Å². The van der Waals surface area contributed by atoms with Crippen molar-refractivity contribution in [3.05, 3.63) is 5.82 Å². The second-order valence-electron chi connectivity index (χ2n) is 5.03. The van der Waals surface area contributed by atoms with E-state index in [9.17, 15) is 0 Å². The van der Waals surface area contributed by atoms with Crippen LogP contribution in [0.15, 0.2) is 0 Å². The third-order valence-electron chi connectivity index (χ3n) is 2.94. The Bertz CT molecular complexity index is 360. The van der Waals surface area contributed by atoms with Crippen molar-refractivity contribution in [2.45, 2.75) is 51.3 Å². The quantitative estimate of drug-likeness (QED) is 0.806. The summed E-state index contributed by atoms with van der Waals surface area (Å²) in [6.45, 7) is 6.83. The zero-order valence-corrected chi connectivity index (χ0v) is 10.1. The molecule has 1 aromatic rings. The molecule has 1 fully saturated rings. The molecule has 0 saturated carbocycles. The van der Waals surface area contributed by atoms with Gasteiger partial charge in [0.25, 0.3) is 0 Å². The number of nitrogens with two attached hydrogens (primary N) is 1. The van der Waals surface area contributed by atoms with Crippen LogP contribution in [0.2, 0.25) is 0 Å². The van der Waals surface area contributed by atoms with E-state index in [0.717, 1.165) is 25.3 Å². The van der Waals surface area contributed by atoms with Gasteiger partial charge in [-0.3, -0.25) is 0 Å². The lowest BCUT2D eigenvalue weighted by Crippen LogP contribution is -2.36. The van der Waals surface area contributed by atoms with Gasteiger partial charge in [-0.15, -0.1) is 5.10 Å². The minimum atomic E-state index is -0.138. The molecule has 1 aliphatic heterocycles. The Kier molecular flexibility index (Phi) is 2.94. The Hall–Kier alpha value is -1.01. The summed E-state index contributed by atoms with van der Waals surface area (Å²) < 4.78 is 7.54. The molecular formula is C10H19N5O. The van der Waals surface area contributed by atoms with Gasteiger partial charge in [0, 0.05) is 6.61 Å². The monoisotopic (exact) mass is 225 g/mol. The summed E-state index contributed by atoms with van der Waals surface area (Å²) in [5, 5.41) is 11.7. The Morgan fingerprint density at radius 1 is 1.56 bits per heavy atom. The summed E-state index contributed by atoms with van der Waals surface area (Å²) in [6, 6.07) is 0.153. The fourth-order valence-corrected chi connectivity index (χ4v) is 2.17. The second kappa shape index (κ2) is 4.10. The molecule has 1 saturated heterocycles. The number of rotatable bonds is 2. The molecule has 1 aromatic heterocycles. The molecule has 2 heterocycles. The van der Waals surface area contributed by atoms with Crippen molar-refractivity contribution >= 4 is 0 Å². The van der Waals surface area contributed by atoms with E-state index in [1.807, 2.05) is 11.6 Å². The van der Waals surface area contributed by atoms with Gasteiger partial charge in [0.1, 0.15) is 0 Å². The van der Waals surface area contributed by atoms with E-state index in [1.165, 1.54) is 0 Å². The molecule has 0 bridgehead atoms. The molecule has 2 atom stereocenters. The van der Waals surface area contributed by atoms with Gasteiger partial charge in [0.2, 0.25) is 0 Å². The van der Waals surface area contributed by atoms with Crippen LogP contribution in [0.25, 0.3) is 0 Å². The molecule has 2 rings (SSSR count). The molecule has 0 radical (unpaired) electrons. The van der Waals surface area contributed by atoms with E-state index in [-0.39, 0.29) is 11.6 Å². The first-order valence-corrected chi connectivity index (χ1v) is 5.67. The number of nitrogens with zero attached hydrogens (tertiary/aromatic N) is 4. The molecule has 1 aliphatic rings. The molecule has 2 N–H and O–H groups in total. The van der Waals surface area contributed by atoms with Crippen LogP contribution < -0.4 is 5.73 Å². The van der Waals surface area contributed by atoms with E-state index in [0.29, 0.717) is 6.04 Å². The number of ether oxygens (including phenoxy) is 1. The summed E-state index contributed by atoms with van der Waals surface area (Å²) in [7, 11) is 0. The van der Waals surface area contributed by atoms with Gasteiger partial charge in [0.05, 0.1) is 17.7 Å². The lowest BCUT2D eigenvalue weighted by atomic mass is 9.94. The topological polar surface area (TPSA) is 78.9 Å². The van der Waals surface area contributed by atoms with Crippen LogP contribution in [0.1, 0.15) is 51.5 Å². The molecule has 2 unspecified atom stereocenters. The first kappa shape index (κ1) is 11.5. The average Bonchev–Trinajstić information content (AvgIpc) is 2.64. The number of aromatic nitrogens is 4. The molecule has 6 heteroatoms. The molecule has 0 spiro atoms. The van der Waals surface area contributed by atoms with Crippen LogP contribution >= 0.6 is 0 Å². The van der Waals surface area contributed by atoms with Crippen molar-refractivity contribution in [2.75, 3.05) is 6.61 Å². The van der Waals surface area contributed by atoms with Gasteiger partial charge in [-0.25, -0.2) is 4.68 Å². The van der Waals surface area contributed by atoms with Gasteiger partial charge in [-0.2, -0.15) is 0 Å². The first-order valence-electron chi connectivity index (χ1n) is 5.67. The zero-order chi connectivity index (χ0) is 11.8. The SMILES string of the molecule is CC(N)c1nnnn1C1CCOC(C)(C)C1. The van der Waals surface area contributed by atoms with Crippen LogP contribution in [0, 0.1) is 0 Å². The van der Waals surface area contributed by atoms with E-state index >= 15 is 0 Å². The number of tetrazole rings is 1. The normalized spacial score (nSPS) is 26.6. The van der Waals surface area contributed by atoms with E-state index in [2.05, 4.69) is 29.4 Å². The molecule has 0 aliphatic carbocycles. The van der Waals surface area contributed by atoms with Crippen LogP contribution in [0.5, 0.6) is 0 Å². The summed E-state index contributed by atoms with van der Waals surface area (Å²) >= 11 is 0. The van der Waals surface area contributed by atoms with Crippen LogP contribution in [0.4, 0.5) is 0 Å². The molecule has 6 nitrogen and oxygen atoms in total. The highest BCUT2D eigenvalue weighted by Crippen LogP contribution is 2.32. The molecule has 16 heavy (non-hydrogen) atoms. The van der Waals surface area contributed by atoms with Crippen molar-refractivity contribution in [1.82, 2.24) is 20.2 Å². The van der Waals surface area contributed by atoms with Gasteiger partial charge in [-0.05, 0) is 44.0 Å². The van der Waals surface area contributed by atoms with Gasteiger partial charge in [-0.1, -0.05) is 0 Å². The maximum atomic E-state index is 5.84. The molecule has 0 amide bonds. The molecule has 90 valence electrons. The van der Waals surface area contributed by atoms with Crippen molar-refractivity contribution in [3.8, 4) is 0 Å². The predicted octanol–water partition coefficient (Wildman–Crippen LogP) is 0.823. The number of hydrogen-bond acceptors (Lipinski definition) is 5. The highest BCUT2D eigenvalue weighted by molar-refractivity contribution is 4.93. The van der Waals surface area contributed by atoms with Gasteiger partial charge >= 0.3 is 0 Å². The van der Waals surface area contributed by atoms with Crippen LogP contribution in [0.3, 0.4) is 0 Å². The summed E-state index contributed by atoms with van der Waals surface area (Å²) in [6.07, 6.45) is 1.85. The Morgan fingerprint density at radius 3 is 2.94 bits per heavy atom. The van der Waals surface area contributed by atoms with E-state index < -0.39 is 0 Å². The maximum absolute atomic E-state index is 5.84. The zero-order valence-electron chi connectivity index (χ0n) is 10.1. The Balaban J connectivity index is 2.20.